The molecule has 1 aromatic carbocycles. The van der Waals surface area contributed by atoms with Gasteiger partial charge in [0.1, 0.15) is 5.82 Å². The van der Waals surface area contributed by atoms with Crippen LogP contribution in [0.15, 0.2) is 48.8 Å². The normalized spacial score (nSPS) is 19.3. The molecule has 1 fully saturated rings. The molecule has 0 saturated carbocycles. The summed E-state index contributed by atoms with van der Waals surface area (Å²) in [6.45, 7) is 4.61. The Bertz CT molecular complexity index is 739. The van der Waals surface area contributed by atoms with E-state index in [1.54, 1.807) is 18.5 Å². The fraction of sp³-hybridized carbons (Fsp3) is 0.429. The van der Waals surface area contributed by atoms with E-state index in [0.717, 1.165) is 24.8 Å². The highest BCUT2D eigenvalue weighted by atomic mass is 19.1. The molecule has 0 aliphatic carbocycles. The number of nitrogens with zero attached hydrogens (tertiary/aromatic N) is 2. The Balaban J connectivity index is 1.62. The lowest BCUT2D eigenvalue weighted by Gasteiger charge is -2.29. The van der Waals surface area contributed by atoms with E-state index in [1.807, 2.05) is 30.0 Å². The van der Waals surface area contributed by atoms with Crippen LogP contribution in [-0.2, 0) is 11.2 Å². The molecule has 6 heteroatoms. The van der Waals surface area contributed by atoms with Gasteiger partial charge in [-0.05, 0) is 56.0 Å². The van der Waals surface area contributed by atoms with Crippen LogP contribution in [0.4, 0.5) is 14.9 Å². The van der Waals surface area contributed by atoms with E-state index in [0.29, 0.717) is 32.0 Å². The van der Waals surface area contributed by atoms with Crippen molar-refractivity contribution in [3.8, 4) is 0 Å². The SMILES string of the molecule is CCOCC1(CCc2ccc(F)cc2)CCN(C(=O)Nc2cccnc2)C1. The summed E-state index contributed by atoms with van der Waals surface area (Å²) in [4.78, 5) is 18.5. The van der Waals surface area contributed by atoms with Crippen LogP contribution in [0.25, 0.3) is 0 Å². The molecular weight excluding hydrogens is 345 g/mol. The summed E-state index contributed by atoms with van der Waals surface area (Å²) in [7, 11) is 0. The van der Waals surface area contributed by atoms with Crippen molar-refractivity contribution < 1.29 is 13.9 Å². The first-order chi connectivity index (χ1) is 13.1. The molecule has 1 saturated heterocycles. The Morgan fingerprint density at radius 1 is 1.33 bits per heavy atom. The van der Waals surface area contributed by atoms with E-state index >= 15 is 0 Å². The summed E-state index contributed by atoms with van der Waals surface area (Å²) in [6.07, 6.45) is 5.94. The molecule has 144 valence electrons. The first-order valence-corrected chi connectivity index (χ1v) is 9.38. The second kappa shape index (κ2) is 8.95. The van der Waals surface area contributed by atoms with Crippen LogP contribution < -0.4 is 5.32 Å². The summed E-state index contributed by atoms with van der Waals surface area (Å²) in [5.74, 6) is -0.220. The van der Waals surface area contributed by atoms with Crippen LogP contribution in [-0.4, -0.2) is 42.2 Å². The van der Waals surface area contributed by atoms with Gasteiger partial charge in [0.2, 0.25) is 0 Å². The number of likely N-dealkylation sites (tertiary alicyclic amines) is 1. The fourth-order valence-corrected chi connectivity index (χ4v) is 3.52. The monoisotopic (exact) mass is 371 g/mol. The number of benzene rings is 1. The van der Waals surface area contributed by atoms with E-state index < -0.39 is 0 Å². The maximum absolute atomic E-state index is 13.1. The predicted molar refractivity (Wildman–Crippen MR) is 103 cm³/mol. The highest BCUT2D eigenvalue weighted by molar-refractivity contribution is 5.89. The van der Waals surface area contributed by atoms with E-state index in [2.05, 4.69) is 10.3 Å². The minimum absolute atomic E-state index is 0.0727. The predicted octanol–water partition coefficient (Wildman–Crippen LogP) is 4.11. The van der Waals surface area contributed by atoms with Gasteiger partial charge in [-0.3, -0.25) is 4.98 Å². The molecule has 2 aromatic rings. The number of carbonyl (C=O) groups excluding carboxylic acids is 1. The first-order valence-electron chi connectivity index (χ1n) is 9.38. The lowest BCUT2D eigenvalue weighted by Crippen LogP contribution is -2.37. The molecule has 0 bridgehead atoms. The smallest absolute Gasteiger partial charge is 0.321 e. The quantitative estimate of drug-likeness (QED) is 0.797. The average Bonchev–Trinajstić information content (AvgIpc) is 3.12. The molecule has 1 N–H and O–H groups in total. The summed E-state index contributed by atoms with van der Waals surface area (Å²) in [5, 5.41) is 2.90. The maximum Gasteiger partial charge on any atom is 0.321 e. The highest BCUT2D eigenvalue weighted by Crippen LogP contribution is 2.36. The van der Waals surface area contributed by atoms with E-state index in [4.69, 9.17) is 4.74 Å². The zero-order valence-electron chi connectivity index (χ0n) is 15.7. The van der Waals surface area contributed by atoms with Gasteiger partial charge in [-0.2, -0.15) is 0 Å². The molecule has 0 radical (unpaired) electrons. The number of carbonyl (C=O) groups is 1. The third-order valence-electron chi connectivity index (χ3n) is 5.11. The van der Waals surface area contributed by atoms with Crippen molar-refractivity contribution in [2.24, 2.45) is 5.41 Å². The second-order valence-corrected chi connectivity index (χ2v) is 7.11. The number of anilines is 1. The van der Waals surface area contributed by atoms with E-state index in [1.165, 1.54) is 12.1 Å². The van der Waals surface area contributed by atoms with Crippen molar-refractivity contribution in [1.82, 2.24) is 9.88 Å². The molecule has 2 heterocycles. The maximum atomic E-state index is 13.1. The Kier molecular flexibility index (Phi) is 6.40. The van der Waals surface area contributed by atoms with Crippen molar-refractivity contribution in [3.05, 3.63) is 60.2 Å². The van der Waals surface area contributed by atoms with Crippen molar-refractivity contribution in [2.75, 3.05) is 31.6 Å². The minimum atomic E-state index is -0.220. The largest absolute Gasteiger partial charge is 0.381 e. The summed E-state index contributed by atoms with van der Waals surface area (Å²) < 4.78 is 18.9. The fourth-order valence-electron chi connectivity index (χ4n) is 3.52. The van der Waals surface area contributed by atoms with Gasteiger partial charge in [-0.25, -0.2) is 9.18 Å². The van der Waals surface area contributed by atoms with E-state index in [9.17, 15) is 9.18 Å². The summed E-state index contributed by atoms with van der Waals surface area (Å²) in [5.41, 5.74) is 1.72. The van der Waals surface area contributed by atoms with Crippen molar-refractivity contribution in [3.63, 3.8) is 0 Å². The Morgan fingerprint density at radius 2 is 2.15 bits per heavy atom. The number of aromatic nitrogens is 1. The standard InChI is InChI=1S/C21H26FN3O2/c1-2-27-16-21(10-9-17-5-7-18(22)8-6-17)11-13-25(15-21)20(26)24-19-4-3-12-23-14-19/h3-8,12,14H,2,9-11,13,15-16H2,1H3,(H,24,26). The lowest BCUT2D eigenvalue weighted by atomic mass is 9.82. The second-order valence-electron chi connectivity index (χ2n) is 7.11. The van der Waals surface area contributed by atoms with Gasteiger partial charge in [0.15, 0.2) is 0 Å². The van der Waals surface area contributed by atoms with Gasteiger partial charge in [0, 0.05) is 31.3 Å². The van der Waals surface area contributed by atoms with E-state index in [-0.39, 0.29) is 17.3 Å². The van der Waals surface area contributed by atoms with Gasteiger partial charge in [-0.15, -0.1) is 0 Å². The Labute approximate surface area is 159 Å². The van der Waals surface area contributed by atoms with Gasteiger partial charge in [0.25, 0.3) is 0 Å². The molecule has 5 nitrogen and oxygen atoms in total. The first kappa shape index (κ1) is 19.3. The van der Waals surface area contributed by atoms with Crippen LogP contribution in [0.1, 0.15) is 25.3 Å². The molecule has 1 unspecified atom stereocenters. The molecular formula is C21H26FN3O2. The number of hydrogen-bond acceptors (Lipinski definition) is 3. The molecule has 1 aromatic heterocycles. The zero-order chi connectivity index (χ0) is 19.1. The van der Waals surface area contributed by atoms with Crippen LogP contribution in [0.5, 0.6) is 0 Å². The van der Waals surface area contributed by atoms with Gasteiger partial charge < -0.3 is 15.0 Å². The number of amides is 2. The third-order valence-corrected chi connectivity index (χ3v) is 5.11. The van der Waals surface area contributed by atoms with Gasteiger partial charge in [-0.1, -0.05) is 12.1 Å². The Hall–Kier alpha value is -2.47. The number of aryl methyl sites for hydroxylation is 1. The molecule has 1 aliphatic rings. The molecule has 0 spiro atoms. The van der Waals surface area contributed by atoms with Crippen LogP contribution >= 0.6 is 0 Å². The zero-order valence-corrected chi connectivity index (χ0v) is 15.7. The lowest BCUT2D eigenvalue weighted by molar-refractivity contribution is 0.0517. The van der Waals surface area contributed by atoms with Crippen molar-refractivity contribution in [1.29, 1.82) is 0 Å². The van der Waals surface area contributed by atoms with Gasteiger partial charge in [0.05, 0.1) is 18.5 Å². The summed E-state index contributed by atoms with van der Waals surface area (Å²) in [6, 6.07) is 10.1. The summed E-state index contributed by atoms with van der Waals surface area (Å²) >= 11 is 0. The molecule has 1 atom stereocenters. The van der Waals surface area contributed by atoms with Gasteiger partial charge >= 0.3 is 6.03 Å². The van der Waals surface area contributed by atoms with Crippen LogP contribution in [0.2, 0.25) is 0 Å². The molecule has 2 amide bonds. The molecule has 3 rings (SSSR count). The molecule has 27 heavy (non-hydrogen) atoms. The van der Waals surface area contributed by atoms with Crippen molar-refractivity contribution >= 4 is 11.7 Å². The number of nitrogens with one attached hydrogen (secondary N) is 1. The number of urea groups is 1. The van der Waals surface area contributed by atoms with Crippen LogP contribution in [0, 0.1) is 11.2 Å². The number of ether oxygens (including phenoxy) is 1. The molecule has 1 aliphatic heterocycles. The average molecular weight is 371 g/mol. The number of pyridine rings is 1. The number of rotatable bonds is 7. The highest BCUT2D eigenvalue weighted by Gasteiger charge is 2.40. The number of halogens is 1. The topological polar surface area (TPSA) is 54.5 Å². The third kappa shape index (κ3) is 5.26. The minimum Gasteiger partial charge on any atom is -0.381 e. The number of hydrogen-bond donors (Lipinski definition) is 1. The Morgan fingerprint density at radius 3 is 2.85 bits per heavy atom. The van der Waals surface area contributed by atoms with Crippen LogP contribution in [0.3, 0.4) is 0 Å². The van der Waals surface area contributed by atoms with Crippen molar-refractivity contribution in [2.45, 2.75) is 26.2 Å².